The van der Waals surface area contributed by atoms with Gasteiger partial charge in [-0.2, -0.15) is 0 Å². The molecule has 25 heavy (non-hydrogen) atoms. The maximum Gasteiger partial charge on any atom is 0.153 e. The molecular formula is C23H28O2. The van der Waals surface area contributed by atoms with Crippen LogP contribution in [0.2, 0.25) is 0 Å². The minimum absolute atomic E-state index is 0.617. The molecule has 0 aromatic heterocycles. The zero-order valence-corrected chi connectivity index (χ0v) is 15.2. The van der Waals surface area contributed by atoms with Gasteiger partial charge in [-0.15, -0.1) is 6.58 Å². The van der Waals surface area contributed by atoms with Crippen LogP contribution in [0.25, 0.3) is 11.1 Å². The third-order valence-corrected chi connectivity index (χ3v) is 4.29. The second-order valence-electron chi connectivity index (χ2n) is 6.29. The van der Waals surface area contributed by atoms with Gasteiger partial charge in [-0.05, 0) is 41.7 Å². The van der Waals surface area contributed by atoms with Gasteiger partial charge in [0.15, 0.2) is 6.29 Å². The molecule has 0 spiro atoms. The van der Waals surface area contributed by atoms with Crippen molar-refractivity contribution < 1.29 is 9.53 Å². The molecule has 0 aliphatic rings. The normalized spacial score (nSPS) is 10.4. The standard InChI is InChI=1S/C23H28O2/c1-3-5-6-7-11-15-25-23-20(12-4-2)16-21(17-22(23)18-24)19-13-9-8-10-14-19/h4,8-10,13-14,16-18H,2-3,5-7,11-12,15H2,1H3. The Labute approximate surface area is 151 Å². The molecule has 0 amide bonds. The lowest BCUT2D eigenvalue weighted by Gasteiger charge is -2.15. The van der Waals surface area contributed by atoms with Crippen molar-refractivity contribution in [2.75, 3.05) is 6.61 Å². The summed E-state index contributed by atoms with van der Waals surface area (Å²) in [7, 11) is 0. The number of carbonyl (C=O) groups is 1. The van der Waals surface area contributed by atoms with Crippen LogP contribution in [-0.4, -0.2) is 12.9 Å². The lowest BCUT2D eigenvalue weighted by atomic mass is 9.97. The highest BCUT2D eigenvalue weighted by Crippen LogP contribution is 2.31. The van der Waals surface area contributed by atoms with Gasteiger partial charge < -0.3 is 4.74 Å². The summed E-state index contributed by atoms with van der Waals surface area (Å²) in [5, 5.41) is 0. The van der Waals surface area contributed by atoms with Gasteiger partial charge in [0.2, 0.25) is 0 Å². The monoisotopic (exact) mass is 336 g/mol. The first kappa shape index (κ1) is 19.0. The largest absolute Gasteiger partial charge is 0.493 e. The first-order valence-electron chi connectivity index (χ1n) is 9.21. The Bertz CT molecular complexity index is 674. The Morgan fingerprint density at radius 2 is 1.76 bits per heavy atom. The van der Waals surface area contributed by atoms with Gasteiger partial charge in [0.1, 0.15) is 5.75 Å². The van der Waals surface area contributed by atoms with Gasteiger partial charge in [0.05, 0.1) is 12.2 Å². The Hall–Kier alpha value is -2.35. The molecule has 0 atom stereocenters. The topological polar surface area (TPSA) is 26.3 Å². The van der Waals surface area contributed by atoms with E-state index in [1.807, 2.05) is 30.3 Å². The molecule has 2 aromatic rings. The highest BCUT2D eigenvalue weighted by Gasteiger charge is 2.12. The van der Waals surface area contributed by atoms with Crippen molar-refractivity contribution in [1.82, 2.24) is 0 Å². The average molecular weight is 336 g/mol. The van der Waals surface area contributed by atoms with Crippen LogP contribution in [-0.2, 0) is 6.42 Å². The van der Waals surface area contributed by atoms with E-state index >= 15 is 0 Å². The summed E-state index contributed by atoms with van der Waals surface area (Å²) in [6.45, 7) is 6.70. The van der Waals surface area contributed by atoms with Crippen LogP contribution in [0.15, 0.2) is 55.1 Å². The van der Waals surface area contributed by atoms with Gasteiger partial charge in [0.25, 0.3) is 0 Å². The number of unbranched alkanes of at least 4 members (excludes halogenated alkanes) is 4. The lowest BCUT2D eigenvalue weighted by Crippen LogP contribution is -2.04. The Balaban J connectivity index is 2.19. The zero-order valence-electron chi connectivity index (χ0n) is 15.2. The number of ether oxygens (including phenoxy) is 1. The molecule has 0 N–H and O–H groups in total. The first-order chi connectivity index (χ1) is 12.3. The molecule has 0 fully saturated rings. The lowest BCUT2D eigenvalue weighted by molar-refractivity contribution is 0.111. The third kappa shape index (κ3) is 5.60. The molecule has 0 aliphatic carbocycles. The second-order valence-corrected chi connectivity index (χ2v) is 6.29. The number of rotatable bonds is 11. The van der Waals surface area contributed by atoms with Gasteiger partial charge in [-0.25, -0.2) is 0 Å². The molecule has 2 rings (SSSR count). The Morgan fingerprint density at radius 1 is 1.00 bits per heavy atom. The van der Waals surface area contributed by atoms with Crippen molar-refractivity contribution in [3.63, 3.8) is 0 Å². The van der Waals surface area contributed by atoms with Gasteiger partial charge >= 0.3 is 0 Å². The van der Waals surface area contributed by atoms with Gasteiger partial charge in [0, 0.05) is 0 Å². The van der Waals surface area contributed by atoms with Crippen molar-refractivity contribution in [2.24, 2.45) is 0 Å². The van der Waals surface area contributed by atoms with Crippen molar-refractivity contribution in [3.8, 4) is 16.9 Å². The van der Waals surface area contributed by atoms with E-state index in [9.17, 15) is 4.79 Å². The fourth-order valence-corrected chi connectivity index (χ4v) is 2.96. The highest BCUT2D eigenvalue weighted by atomic mass is 16.5. The van der Waals surface area contributed by atoms with Crippen molar-refractivity contribution in [3.05, 3.63) is 66.2 Å². The molecule has 0 bridgehead atoms. The van der Waals surface area contributed by atoms with Crippen molar-refractivity contribution in [1.29, 1.82) is 0 Å². The summed E-state index contributed by atoms with van der Waals surface area (Å²) < 4.78 is 6.00. The number of benzene rings is 2. The van der Waals surface area contributed by atoms with Crippen LogP contribution < -0.4 is 4.74 Å². The van der Waals surface area contributed by atoms with E-state index in [2.05, 4.69) is 31.7 Å². The Morgan fingerprint density at radius 3 is 2.44 bits per heavy atom. The first-order valence-corrected chi connectivity index (χ1v) is 9.21. The summed E-state index contributed by atoms with van der Waals surface area (Å²) in [6, 6.07) is 14.1. The molecular weight excluding hydrogens is 308 g/mol. The zero-order chi connectivity index (χ0) is 17.9. The fourth-order valence-electron chi connectivity index (χ4n) is 2.96. The number of hydrogen-bond donors (Lipinski definition) is 0. The minimum Gasteiger partial charge on any atom is -0.493 e. The summed E-state index contributed by atoms with van der Waals surface area (Å²) in [5.41, 5.74) is 3.77. The van der Waals surface area contributed by atoms with Crippen LogP contribution in [0, 0.1) is 0 Å². The quantitative estimate of drug-likeness (QED) is 0.276. The number of aldehydes is 1. The molecule has 0 heterocycles. The van der Waals surface area contributed by atoms with E-state index in [1.54, 1.807) is 0 Å². The van der Waals surface area contributed by atoms with E-state index in [0.29, 0.717) is 24.3 Å². The molecule has 0 saturated heterocycles. The molecule has 2 aromatic carbocycles. The number of allylic oxidation sites excluding steroid dienone is 1. The van der Waals surface area contributed by atoms with Crippen LogP contribution in [0.1, 0.15) is 54.9 Å². The van der Waals surface area contributed by atoms with E-state index in [-0.39, 0.29) is 0 Å². The molecule has 0 aliphatic heterocycles. The summed E-state index contributed by atoms with van der Waals surface area (Å²) >= 11 is 0. The van der Waals surface area contributed by atoms with Crippen LogP contribution in [0.5, 0.6) is 5.75 Å². The van der Waals surface area contributed by atoms with Crippen LogP contribution in [0.3, 0.4) is 0 Å². The molecule has 0 saturated carbocycles. The maximum absolute atomic E-state index is 11.6. The summed E-state index contributed by atoms with van der Waals surface area (Å²) in [6.07, 6.45) is 9.38. The third-order valence-electron chi connectivity index (χ3n) is 4.29. The van der Waals surface area contributed by atoms with Crippen molar-refractivity contribution >= 4 is 6.29 Å². The summed E-state index contributed by atoms with van der Waals surface area (Å²) in [5.74, 6) is 0.713. The fraction of sp³-hybridized carbons (Fsp3) is 0.348. The summed E-state index contributed by atoms with van der Waals surface area (Å²) in [4.78, 5) is 11.6. The average Bonchev–Trinajstić information content (AvgIpc) is 2.66. The van der Waals surface area contributed by atoms with Crippen LogP contribution >= 0.6 is 0 Å². The molecule has 2 heteroatoms. The van der Waals surface area contributed by atoms with E-state index < -0.39 is 0 Å². The highest BCUT2D eigenvalue weighted by molar-refractivity contribution is 5.84. The molecule has 0 radical (unpaired) electrons. The van der Waals surface area contributed by atoms with E-state index in [0.717, 1.165) is 29.4 Å². The number of carbonyl (C=O) groups excluding carboxylic acids is 1. The van der Waals surface area contributed by atoms with Crippen molar-refractivity contribution in [2.45, 2.75) is 45.4 Å². The SMILES string of the molecule is C=CCc1cc(-c2ccccc2)cc(C=O)c1OCCCCCCC. The van der Waals surface area contributed by atoms with E-state index in [4.69, 9.17) is 4.74 Å². The smallest absolute Gasteiger partial charge is 0.153 e. The minimum atomic E-state index is 0.617. The predicted octanol–water partition coefficient (Wildman–Crippen LogP) is 6.24. The van der Waals surface area contributed by atoms with Crippen LogP contribution in [0.4, 0.5) is 0 Å². The van der Waals surface area contributed by atoms with Gasteiger partial charge in [-0.1, -0.05) is 69.0 Å². The molecule has 2 nitrogen and oxygen atoms in total. The molecule has 0 unspecified atom stereocenters. The predicted molar refractivity (Wildman–Crippen MR) is 105 cm³/mol. The number of hydrogen-bond acceptors (Lipinski definition) is 2. The Kier molecular flexibility index (Phi) is 7.97. The second kappa shape index (κ2) is 10.5. The maximum atomic E-state index is 11.6. The van der Waals surface area contributed by atoms with Gasteiger partial charge in [-0.3, -0.25) is 4.79 Å². The molecule has 132 valence electrons. The van der Waals surface area contributed by atoms with E-state index in [1.165, 1.54) is 25.7 Å².